The lowest BCUT2D eigenvalue weighted by Gasteiger charge is -2.19. The van der Waals surface area contributed by atoms with Gasteiger partial charge in [0.15, 0.2) is 5.96 Å². The van der Waals surface area contributed by atoms with Gasteiger partial charge >= 0.3 is 0 Å². The minimum atomic E-state index is 0.570. The molecule has 0 fully saturated rings. The molecule has 25 heavy (non-hydrogen) atoms. The minimum absolute atomic E-state index is 0.570. The minimum Gasteiger partial charge on any atom is -0.345 e. The lowest BCUT2D eigenvalue weighted by molar-refractivity contribution is 0.478. The first kappa shape index (κ1) is 17.5. The van der Waals surface area contributed by atoms with Crippen molar-refractivity contribution in [1.82, 2.24) is 15.2 Å². The maximum atomic E-state index is 4.81. The van der Waals surface area contributed by atoms with Crippen LogP contribution in [0.3, 0.4) is 0 Å². The van der Waals surface area contributed by atoms with E-state index in [-0.39, 0.29) is 0 Å². The van der Waals surface area contributed by atoms with E-state index in [1.807, 2.05) is 48.7 Å². The van der Waals surface area contributed by atoms with E-state index in [4.69, 9.17) is 4.98 Å². The Balaban J connectivity index is 1.54. The lowest BCUT2D eigenvalue weighted by atomic mass is 10.0. The number of rotatable bonds is 3. The molecule has 0 saturated heterocycles. The number of aromatic nitrogens is 1. The summed E-state index contributed by atoms with van der Waals surface area (Å²) >= 11 is 1.85. The number of hydrogen-bond donors (Lipinski definition) is 1. The van der Waals surface area contributed by atoms with E-state index in [0.717, 1.165) is 24.5 Å². The molecule has 5 heteroatoms. The molecule has 1 aliphatic rings. The molecule has 1 heterocycles. The second-order valence-electron chi connectivity index (χ2n) is 6.11. The SMILES string of the molecule is CN=C(NCC#Cc1ccccc1)N(C)Cc1nc2c(s1)CCCC2. The Morgan fingerprint density at radius 1 is 1.28 bits per heavy atom. The summed E-state index contributed by atoms with van der Waals surface area (Å²) in [6, 6.07) is 10.0. The number of aliphatic imine (C=N–C) groups is 1. The normalized spacial score (nSPS) is 13.6. The molecule has 0 saturated carbocycles. The van der Waals surface area contributed by atoms with Gasteiger partial charge in [-0.1, -0.05) is 30.0 Å². The van der Waals surface area contributed by atoms with Crippen LogP contribution in [-0.4, -0.2) is 36.5 Å². The number of nitrogens with one attached hydrogen (secondary N) is 1. The molecule has 130 valence electrons. The first-order valence-electron chi connectivity index (χ1n) is 8.69. The maximum Gasteiger partial charge on any atom is 0.194 e. The molecule has 4 nitrogen and oxygen atoms in total. The summed E-state index contributed by atoms with van der Waals surface area (Å²) in [5.74, 6) is 7.14. The molecule has 0 amide bonds. The van der Waals surface area contributed by atoms with Crippen LogP contribution in [0.4, 0.5) is 0 Å². The zero-order valence-electron chi connectivity index (χ0n) is 14.9. The smallest absolute Gasteiger partial charge is 0.194 e. The second kappa shape index (κ2) is 8.68. The third-order valence-corrected chi connectivity index (χ3v) is 5.32. The van der Waals surface area contributed by atoms with Crippen molar-refractivity contribution in [3.05, 3.63) is 51.5 Å². The number of hydrogen-bond acceptors (Lipinski definition) is 3. The van der Waals surface area contributed by atoms with Crippen molar-refractivity contribution in [2.45, 2.75) is 32.2 Å². The van der Waals surface area contributed by atoms with Crippen LogP contribution in [0.1, 0.15) is 34.0 Å². The summed E-state index contributed by atoms with van der Waals surface area (Å²) in [6.07, 6.45) is 4.90. The van der Waals surface area contributed by atoms with Crippen molar-refractivity contribution in [2.24, 2.45) is 4.99 Å². The van der Waals surface area contributed by atoms with Gasteiger partial charge in [0.25, 0.3) is 0 Å². The summed E-state index contributed by atoms with van der Waals surface area (Å²) in [5, 5.41) is 4.47. The molecule has 0 unspecified atom stereocenters. The van der Waals surface area contributed by atoms with E-state index < -0.39 is 0 Å². The van der Waals surface area contributed by atoms with Gasteiger partial charge in [0.1, 0.15) is 5.01 Å². The van der Waals surface area contributed by atoms with Crippen LogP contribution in [0, 0.1) is 11.8 Å². The fourth-order valence-electron chi connectivity index (χ4n) is 2.93. The summed E-state index contributed by atoms with van der Waals surface area (Å²) in [5.41, 5.74) is 2.34. The fourth-order valence-corrected chi connectivity index (χ4v) is 4.14. The molecule has 1 aromatic carbocycles. The van der Waals surface area contributed by atoms with Gasteiger partial charge in [0, 0.05) is 24.5 Å². The number of guanidine groups is 1. The molecule has 0 spiro atoms. The predicted molar refractivity (Wildman–Crippen MR) is 105 cm³/mol. The molecule has 1 aromatic heterocycles. The van der Waals surface area contributed by atoms with Gasteiger partial charge in [-0.15, -0.1) is 11.3 Å². The van der Waals surface area contributed by atoms with Gasteiger partial charge in [-0.25, -0.2) is 4.98 Å². The molecular formula is C20H24N4S. The molecule has 0 atom stereocenters. The fraction of sp³-hybridized carbons (Fsp3) is 0.400. The second-order valence-corrected chi connectivity index (χ2v) is 7.28. The van der Waals surface area contributed by atoms with Crippen LogP contribution in [-0.2, 0) is 19.4 Å². The Morgan fingerprint density at radius 3 is 2.84 bits per heavy atom. The van der Waals surface area contributed by atoms with E-state index in [2.05, 4.69) is 27.0 Å². The number of aryl methyl sites for hydroxylation is 2. The average molecular weight is 353 g/mol. The van der Waals surface area contributed by atoms with Gasteiger partial charge in [-0.3, -0.25) is 4.99 Å². The Kier molecular flexibility index (Phi) is 6.08. The van der Waals surface area contributed by atoms with E-state index in [0.29, 0.717) is 6.54 Å². The summed E-state index contributed by atoms with van der Waals surface area (Å²) in [4.78, 5) is 12.7. The molecular weight excluding hydrogens is 328 g/mol. The average Bonchev–Trinajstić information content (AvgIpc) is 3.04. The molecule has 0 bridgehead atoms. The van der Waals surface area contributed by atoms with Crippen LogP contribution >= 0.6 is 11.3 Å². The monoisotopic (exact) mass is 352 g/mol. The van der Waals surface area contributed by atoms with Gasteiger partial charge in [-0.05, 0) is 37.8 Å². The highest BCUT2D eigenvalue weighted by Crippen LogP contribution is 2.27. The highest BCUT2D eigenvalue weighted by atomic mass is 32.1. The van der Waals surface area contributed by atoms with Gasteiger partial charge in [0.2, 0.25) is 0 Å². The van der Waals surface area contributed by atoms with Crippen LogP contribution in [0.2, 0.25) is 0 Å². The third kappa shape index (κ3) is 4.83. The van der Waals surface area contributed by atoms with Crippen molar-refractivity contribution >= 4 is 17.3 Å². The number of thiazole rings is 1. The Morgan fingerprint density at radius 2 is 2.08 bits per heavy atom. The van der Waals surface area contributed by atoms with E-state index in [9.17, 15) is 0 Å². The van der Waals surface area contributed by atoms with Gasteiger partial charge < -0.3 is 10.2 Å². The van der Waals surface area contributed by atoms with Crippen LogP contribution in [0.25, 0.3) is 0 Å². The molecule has 1 N–H and O–H groups in total. The van der Waals surface area contributed by atoms with Crippen molar-refractivity contribution in [3.8, 4) is 11.8 Å². The van der Waals surface area contributed by atoms with Crippen LogP contribution in [0.15, 0.2) is 35.3 Å². The van der Waals surface area contributed by atoms with Crippen LogP contribution in [0.5, 0.6) is 0 Å². The number of fused-ring (bicyclic) bond motifs is 1. The van der Waals surface area contributed by atoms with Crippen LogP contribution < -0.4 is 5.32 Å². The molecule has 2 aromatic rings. The molecule has 0 aliphatic heterocycles. The number of nitrogens with zero attached hydrogens (tertiary/aromatic N) is 3. The largest absolute Gasteiger partial charge is 0.345 e. The Hall–Kier alpha value is -2.32. The number of benzene rings is 1. The van der Waals surface area contributed by atoms with Gasteiger partial charge in [0.05, 0.1) is 18.8 Å². The first-order valence-corrected chi connectivity index (χ1v) is 9.51. The lowest BCUT2D eigenvalue weighted by Crippen LogP contribution is -2.38. The van der Waals surface area contributed by atoms with Crippen molar-refractivity contribution in [1.29, 1.82) is 0 Å². The molecule has 1 aliphatic carbocycles. The highest BCUT2D eigenvalue weighted by molar-refractivity contribution is 7.11. The maximum absolute atomic E-state index is 4.81. The predicted octanol–water partition coefficient (Wildman–Crippen LogP) is 3.08. The van der Waals surface area contributed by atoms with Crippen molar-refractivity contribution in [2.75, 3.05) is 20.6 Å². The van der Waals surface area contributed by atoms with Crippen molar-refractivity contribution < 1.29 is 0 Å². The molecule has 0 radical (unpaired) electrons. The highest BCUT2D eigenvalue weighted by Gasteiger charge is 2.16. The quantitative estimate of drug-likeness (QED) is 0.524. The molecule has 3 rings (SSSR count). The van der Waals surface area contributed by atoms with Gasteiger partial charge in [-0.2, -0.15) is 0 Å². The zero-order valence-corrected chi connectivity index (χ0v) is 15.7. The summed E-state index contributed by atoms with van der Waals surface area (Å²) in [7, 11) is 3.84. The Bertz CT molecular complexity index is 760. The third-order valence-electron chi connectivity index (χ3n) is 4.18. The zero-order chi connectivity index (χ0) is 17.5. The van der Waals surface area contributed by atoms with E-state index in [1.54, 1.807) is 7.05 Å². The summed E-state index contributed by atoms with van der Waals surface area (Å²) in [6.45, 7) is 1.35. The summed E-state index contributed by atoms with van der Waals surface area (Å²) < 4.78 is 0. The standard InChI is InChI=1S/C20H24N4S/c1-21-20(22-14-8-11-16-9-4-3-5-10-16)24(2)15-19-23-17-12-6-7-13-18(17)25-19/h3-5,9-10H,6-7,12-15H2,1-2H3,(H,21,22). The Labute approximate surface area is 154 Å². The van der Waals surface area contributed by atoms with E-state index >= 15 is 0 Å². The first-order chi connectivity index (χ1) is 12.3. The topological polar surface area (TPSA) is 40.5 Å². The van der Waals surface area contributed by atoms with E-state index in [1.165, 1.54) is 34.8 Å². The van der Waals surface area contributed by atoms with Crippen molar-refractivity contribution in [3.63, 3.8) is 0 Å².